The summed E-state index contributed by atoms with van der Waals surface area (Å²) in [6.07, 6.45) is 0. The number of phenolic OH excluding ortho intramolecular Hbond substituents is 1. The summed E-state index contributed by atoms with van der Waals surface area (Å²) in [7, 11) is 1.23. The molecule has 0 saturated carbocycles. The highest BCUT2D eigenvalue weighted by Gasteiger charge is 2.13. The SMILES string of the molecule is COC(=O)c1cc(O)c(C#N)cc1S. The summed E-state index contributed by atoms with van der Waals surface area (Å²) in [6, 6.07) is 4.24. The van der Waals surface area contributed by atoms with Gasteiger partial charge in [0.05, 0.1) is 18.2 Å². The Kier molecular flexibility index (Phi) is 2.99. The standard InChI is InChI=1S/C9H7NO3S/c1-13-9(12)6-3-7(11)5(4-10)2-8(6)14/h2-3,11,14H,1H3. The Morgan fingerprint density at radius 3 is 2.79 bits per heavy atom. The van der Waals surface area contributed by atoms with Crippen LogP contribution < -0.4 is 0 Å². The Labute approximate surface area is 86.1 Å². The van der Waals surface area contributed by atoms with E-state index in [0.29, 0.717) is 4.90 Å². The molecule has 1 N–H and O–H groups in total. The highest BCUT2D eigenvalue weighted by molar-refractivity contribution is 7.80. The summed E-state index contributed by atoms with van der Waals surface area (Å²) in [4.78, 5) is 11.4. The van der Waals surface area contributed by atoms with Gasteiger partial charge in [-0.15, -0.1) is 12.6 Å². The van der Waals surface area contributed by atoms with Crippen LogP contribution in [0.1, 0.15) is 15.9 Å². The van der Waals surface area contributed by atoms with Gasteiger partial charge in [-0.1, -0.05) is 0 Å². The minimum atomic E-state index is -0.602. The Balaban J connectivity index is 3.30. The average Bonchev–Trinajstić information content (AvgIpc) is 2.19. The second-order valence-electron chi connectivity index (χ2n) is 2.49. The zero-order valence-electron chi connectivity index (χ0n) is 7.31. The normalized spacial score (nSPS) is 9.21. The number of carbonyl (C=O) groups is 1. The van der Waals surface area contributed by atoms with E-state index in [-0.39, 0.29) is 16.9 Å². The maximum atomic E-state index is 11.1. The van der Waals surface area contributed by atoms with Crippen molar-refractivity contribution >= 4 is 18.6 Å². The van der Waals surface area contributed by atoms with Gasteiger partial charge in [-0.05, 0) is 12.1 Å². The van der Waals surface area contributed by atoms with E-state index in [0.717, 1.165) is 6.07 Å². The first-order valence-corrected chi connectivity index (χ1v) is 4.09. The molecule has 4 nitrogen and oxygen atoms in total. The molecule has 1 aromatic carbocycles. The Hall–Kier alpha value is -1.67. The van der Waals surface area contributed by atoms with Crippen LogP contribution in [0.2, 0.25) is 0 Å². The quantitative estimate of drug-likeness (QED) is 0.541. The molecule has 0 heterocycles. The van der Waals surface area contributed by atoms with Gasteiger partial charge in [-0.3, -0.25) is 0 Å². The van der Waals surface area contributed by atoms with Crippen molar-refractivity contribution in [2.24, 2.45) is 0 Å². The van der Waals surface area contributed by atoms with Gasteiger partial charge in [0.15, 0.2) is 0 Å². The summed E-state index contributed by atoms with van der Waals surface area (Å²) in [5.41, 5.74) is 0.204. The van der Waals surface area contributed by atoms with Crippen molar-refractivity contribution in [3.05, 3.63) is 23.3 Å². The number of phenols is 1. The molecule has 14 heavy (non-hydrogen) atoms. The topological polar surface area (TPSA) is 70.3 Å². The van der Waals surface area contributed by atoms with Crippen LogP contribution in [0.25, 0.3) is 0 Å². The number of carbonyl (C=O) groups excluding carboxylic acids is 1. The molecule has 0 atom stereocenters. The van der Waals surface area contributed by atoms with Crippen LogP contribution in [0.4, 0.5) is 0 Å². The van der Waals surface area contributed by atoms with Gasteiger partial charge < -0.3 is 9.84 Å². The molecular formula is C9H7NO3S. The van der Waals surface area contributed by atoms with E-state index >= 15 is 0 Å². The Morgan fingerprint density at radius 1 is 1.64 bits per heavy atom. The average molecular weight is 209 g/mol. The van der Waals surface area contributed by atoms with Gasteiger partial charge in [0.25, 0.3) is 0 Å². The number of benzene rings is 1. The first-order valence-electron chi connectivity index (χ1n) is 3.64. The monoisotopic (exact) mass is 209 g/mol. The maximum absolute atomic E-state index is 11.1. The number of nitrogens with zero attached hydrogens (tertiary/aromatic N) is 1. The molecule has 0 saturated heterocycles. The van der Waals surface area contributed by atoms with Crippen molar-refractivity contribution in [2.75, 3.05) is 7.11 Å². The molecule has 0 radical (unpaired) electrons. The molecule has 0 fully saturated rings. The molecule has 1 rings (SSSR count). The maximum Gasteiger partial charge on any atom is 0.339 e. The van der Waals surface area contributed by atoms with Crippen LogP contribution in [-0.2, 0) is 4.74 Å². The third-order valence-electron chi connectivity index (χ3n) is 1.64. The second-order valence-corrected chi connectivity index (χ2v) is 2.97. The first kappa shape index (κ1) is 10.4. The number of thiol groups is 1. The van der Waals surface area contributed by atoms with Crippen LogP contribution in [-0.4, -0.2) is 18.2 Å². The van der Waals surface area contributed by atoms with E-state index in [2.05, 4.69) is 17.4 Å². The van der Waals surface area contributed by atoms with E-state index < -0.39 is 5.97 Å². The summed E-state index contributed by atoms with van der Waals surface area (Å²) >= 11 is 4.00. The molecule has 0 amide bonds. The second kappa shape index (κ2) is 4.03. The van der Waals surface area contributed by atoms with Gasteiger partial charge in [0.1, 0.15) is 11.8 Å². The third kappa shape index (κ3) is 1.80. The van der Waals surface area contributed by atoms with Crippen molar-refractivity contribution in [3.8, 4) is 11.8 Å². The Morgan fingerprint density at radius 2 is 2.29 bits per heavy atom. The summed E-state index contributed by atoms with van der Waals surface area (Å²) in [6.45, 7) is 0. The van der Waals surface area contributed by atoms with Crippen LogP contribution in [0.15, 0.2) is 17.0 Å². The molecule has 0 unspecified atom stereocenters. The Bertz CT molecular complexity index is 423. The molecule has 72 valence electrons. The lowest BCUT2D eigenvalue weighted by Crippen LogP contribution is -2.02. The zero-order valence-corrected chi connectivity index (χ0v) is 8.21. The van der Waals surface area contributed by atoms with Crippen LogP contribution in [0.3, 0.4) is 0 Å². The summed E-state index contributed by atoms with van der Waals surface area (Å²) in [5, 5.41) is 17.9. The van der Waals surface area contributed by atoms with Crippen molar-refractivity contribution in [1.29, 1.82) is 5.26 Å². The minimum Gasteiger partial charge on any atom is -0.507 e. The lowest BCUT2D eigenvalue weighted by atomic mass is 10.1. The molecule has 0 aromatic heterocycles. The fraction of sp³-hybridized carbons (Fsp3) is 0.111. The zero-order chi connectivity index (χ0) is 10.7. The van der Waals surface area contributed by atoms with Crippen molar-refractivity contribution < 1.29 is 14.6 Å². The van der Waals surface area contributed by atoms with E-state index in [1.54, 1.807) is 6.07 Å². The highest BCUT2D eigenvalue weighted by Crippen LogP contribution is 2.24. The number of esters is 1. The number of methoxy groups -OCH3 is 1. The molecule has 0 aliphatic heterocycles. The van der Waals surface area contributed by atoms with Gasteiger partial charge >= 0.3 is 5.97 Å². The van der Waals surface area contributed by atoms with Crippen molar-refractivity contribution in [2.45, 2.75) is 4.90 Å². The molecule has 0 aliphatic carbocycles. The van der Waals surface area contributed by atoms with Crippen molar-refractivity contribution in [3.63, 3.8) is 0 Å². The van der Waals surface area contributed by atoms with Gasteiger partial charge in [0, 0.05) is 4.90 Å². The van der Waals surface area contributed by atoms with E-state index in [1.165, 1.54) is 13.2 Å². The van der Waals surface area contributed by atoms with Gasteiger partial charge in [0.2, 0.25) is 0 Å². The van der Waals surface area contributed by atoms with Crippen LogP contribution in [0.5, 0.6) is 5.75 Å². The van der Waals surface area contributed by atoms with E-state index in [4.69, 9.17) is 5.26 Å². The number of hydrogen-bond donors (Lipinski definition) is 2. The lowest BCUT2D eigenvalue weighted by molar-refractivity contribution is 0.0596. The van der Waals surface area contributed by atoms with Gasteiger partial charge in [-0.25, -0.2) is 4.79 Å². The van der Waals surface area contributed by atoms with E-state index in [1.807, 2.05) is 0 Å². The van der Waals surface area contributed by atoms with Crippen LogP contribution in [0, 0.1) is 11.3 Å². The third-order valence-corrected chi connectivity index (χ3v) is 2.01. The molecular weight excluding hydrogens is 202 g/mol. The molecule has 1 aromatic rings. The first-order chi connectivity index (χ1) is 6.60. The number of rotatable bonds is 1. The highest BCUT2D eigenvalue weighted by atomic mass is 32.1. The summed E-state index contributed by atoms with van der Waals surface area (Å²) < 4.78 is 4.46. The molecule has 0 bridgehead atoms. The predicted octanol–water partition coefficient (Wildman–Crippen LogP) is 1.34. The largest absolute Gasteiger partial charge is 0.507 e. The minimum absolute atomic E-state index is 0.0719. The smallest absolute Gasteiger partial charge is 0.339 e. The van der Waals surface area contributed by atoms with Gasteiger partial charge in [-0.2, -0.15) is 5.26 Å². The fourth-order valence-electron chi connectivity index (χ4n) is 0.940. The number of nitriles is 1. The van der Waals surface area contributed by atoms with Crippen molar-refractivity contribution in [1.82, 2.24) is 0 Å². The fourth-order valence-corrected chi connectivity index (χ4v) is 1.22. The summed E-state index contributed by atoms with van der Waals surface area (Å²) in [5.74, 6) is -0.861. The molecule has 0 aliphatic rings. The molecule has 0 spiro atoms. The predicted molar refractivity (Wildman–Crippen MR) is 51.4 cm³/mol. The lowest BCUT2D eigenvalue weighted by Gasteiger charge is -2.04. The number of ether oxygens (including phenoxy) is 1. The number of aromatic hydroxyl groups is 1. The van der Waals surface area contributed by atoms with Crippen LogP contribution >= 0.6 is 12.6 Å². The molecule has 5 heteroatoms. The number of hydrogen-bond acceptors (Lipinski definition) is 5. The van der Waals surface area contributed by atoms with E-state index in [9.17, 15) is 9.90 Å².